The number of carboxylic acid groups (broad SMARTS) is 1. The number of hydrogen-bond donors (Lipinski definition) is 1. The van der Waals surface area contributed by atoms with E-state index in [9.17, 15) is 17.6 Å². The molecule has 0 unspecified atom stereocenters. The first kappa shape index (κ1) is 15.4. The molecule has 1 aromatic rings. The van der Waals surface area contributed by atoms with E-state index < -0.39 is 34.7 Å². The van der Waals surface area contributed by atoms with Gasteiger partial charge in [-0.15, -0.1) is 0 Å². The summed E-state index contributed by atoms with van der Waals surface area (Å²) in [6.07, 6.45) is 0. The van der Waals surface area contributed by atoms with Crippen LogP contribution in [0.3, 0.4) is 0 Å². The molecule has 0 fully saturated rings. The summed E-state index contributed by atoms with van der Waals surface area (Å²) in [5.74, 6) is -1.91. The third-order valence-electron chi connectivity index (χ3n) is 2.17. The summed E-state index contributed by atoms with van der Waals surface area (Å²) in [4.78, 5) is 10.6. The fourth-order valence-corrected chi connectivity index (χ4v) is 2.55. The maximum absolute atomic E-state index is 12.7. The van der Waals surface area contributed by atoms with Gasteiger partial charge < -0.3 is 9.29 Å². The molecular formula is C11H14FNO5S. The molecule has 0 saturated heterocycles. The van der Waals surface area contributed by atoms with Crippen LogP contribution in [0.1, 0.15) is 13.8 Å². The second-order valence-corrected chi connectivity index (χ2v) is 5.52. The Hall–Kier alpha value is -1.67. The molecule has 0 aliphatic rings. The lowest BCUT2D eigenvalue weighted by Gasteiger charge is -2.23. The number of carbonyl (C=O) groups is 1. The first-order valence-corrected chi connectivity index (χ1v) is 6.77. The van der Waals surface area contributed by atoms with Gasteiger partial charge in [0.1, 0.15) is 18.1 Å². The summed E-state index contributed by atoms with van der Waals surface area (Å²) in [5, 5.41) is 8.69. The van der Waals surface area contributed by atoms with Gasteiger partial charge in [-0.3, -0.25) is 4.79 Å². The van der Waals surface area contributed by atoms with Crippen LogP contribution in [0, 0.1) is 5.82 Å². The Bertz CT molecular complexity index is 541. The van der Waals surface area contributed by atoms with E-state index in [0.717, 1.165) is 24.3 Å². The highest BCUT2D eigenvalue weighted by Gasteiger charge is 2.29. The van der Waals surface area contributed by atoms with Crippen LogP contribution in [-0.4, -0.2) is 36.4 Å². The predicted molar refractivity (Wildman–Crippen MR) is 65.4 cm³/mol. The van der Waals surface area contributed by atoms with Crippen molar-refractivity contribution >= 4 is 16.3 Å². The zero-order chi connectivity index (χ0) is 14.6. The Balaban J connectivity index is 2.94. The third kappa shape index (κ3) is 4.49. The largest absolute Gasteiger partial charge is 0.480 e. The molecule has 1 N–H and O–H groups in total. The fourth-order valence-electron chi connectivity index (χ4n) is 1.31. The van der Waals surface area contributed by atoms with Gasteiger partial charge in [0, 0.05) is 6.04 Å². The van der Waals surface area contributed by atoms with Crippen LogP contribution in [0.25, 0.3) is 0 Å². The quantitative estimate of drug-likeness (QED) is 0.852. The number of rotatable bonds is 6. The zero-order valence-corrected chi connectivity index (χ0v) is 11.2. The SMILES string of the molecule is CC(C)N(CC(=O)O)S(=O)(=O)Oc1ccc(F)cc1. The molecule has 0 spiro atoms. The first-order valence-electron chi connectivity index (χ1n) is 5.41. The van der Waals surface area contributed by atoms with Crippen molar-refractivity contribution in [1.82, 2.24) is 4.31 Å². The summed E-state index contributed by atoms with van der Waals surface area (Å²) in [7, 11) is -4.25. The Morgan fingerprint density at radius 3 is 2.32 bits per heavy atom. The summed E-state index contributed by atoms with van der Waals surface area (Å²) in [6.45, 7) is 2.34. The third-order valence-corrected chi connectivity index (χ3v) is 3.70. The molecule has 6 nitrogen and oxygen atoms in total. The highest BCUT2D eigenvalue weighted by molar-refractivity contribution is 7.84. The van der Waals surface area contributed by atoms with Crippen molar-refractivity contribution in [3.05, 3.63) is 30.1 Å². The predicted octanol–water partition coefficient (Wildman–Crippen LogP) is 1.24. The van der Waals surface area contributed by atoms with Gasteiger partial charge in [-0.1, -0.05) is 0 Å². The van der Waals surface area contributed by atoms with Crippen LogP contribution in [0.4, 0.5) is 4.39 Å². The van der Waals surface area contributed by atoms with E-state index in [1.54, 1.807) is 0 Å². The minimum atomic E-state index is -4.25. The lowest BCUT2D eigenvalue weighted by molar-refractivity contribution is -0.137. The van der Waals surface area contributed by atoms with Gasteiger partial charge in [-0.2, -0.15) is 12.7 Å². The van der Waals surface area contributed by atoms with E-state index >= 15 is 0 Å². The van der Waals surface area contributed by atoms with Crippen molar-refractivity contribution in [2.24, 2.45) is 0 Å². The highest BCUT2D eigenvalue weighted by atomic mass is 32.2. The smallest absolute Gasteiger partial charge is 0.385 e. The van der Waals surface area contributed by atoms with Crippen molar-refractivity contribution < 1.29 is 26.9 Å². The van der Waals surface area contributed by atoms with E-state index in [0.29, 0.717) is 4.31 Å². The minimum Gasteiger partial charge on any atom is -0.480 e. The molecule has 106 valence electrons. The summed E-state index contributed by atoms with van der Waals surface area (Å²) >= 11 is 0. The molecule has 8 heteroatoms. The van der Waals surface area contributed by atoms with Crippen LogP contribution in [0.2, 0.25) is 0 Å². The maximum Gasteiger partial charge on any atom is 0.385 e. The van der Waals surface area contributed by atoms with Crippen molar-refractivity contribution in [2.75, 3.05) is 6.54 Å². The van der Waals surface area contributed by atoms with Crippen LogP contribution < -0.4 is 4.18 Å². The van der Waals surface area contributed by atoms with Crippen LogP contribution in [0.15, 0.2) is 24.3 Å². The van der Waals surface area contributed by atoms with Crippen LogP contribution in [-0.2, 0) is 15.1 Å². The molecule has 0 radical (unpaired) electrons. The Labute approximate surface area is 110 Å². The van der Waals surface area contributed by atoms with Gasteiger partial charge in [0.25, 0.3) is 0 Å². The van der Waals surface area contributed by atoms with E-state index in [-0.39, 0.29) is 5.75 Å². The average molecular weight is 291 g/mol. The molecule has 19 heavy (non-hydrogen) atoms. The Kier molecular flexibility index (Phi) is 4.84. The number of aliphatic carboxylic acids is 1. The van der Waals surface area contributed by atoms with Crippen LogP contribution in [0.5, 0.6) is 5.75 Å². The van der Waals surface area contributed by atoms with Gasteiger partial charge in [0.15, 0.2) is 0 Å². The monoisotopic (exact) mass is 291 g/mol. The molecule has 1 rings (SSSR count). The van der Waals surface area contributed by atoms with Crippen molar-refractivity contribution in [3.8, 4) is 5.75 Å². The van der Waals surface area contributed by atoms with Gasteiger partial charge in [-0.05, 0) is 38.1 Å². The van der Waals surface area contributed by atoms with E-state index in [2.05, 4.69) is 0 Å². The molecule has 0 aliphatic carbocycles. The topological polar surface area (TPSA) is 83.9 Å². The molecule has 0 amide bonds. The summed E-state index contributed by atoms with van der Waals surface area (Å²) in [5.41, 5.74) is 0. The minimum absolute atomic E-state index is 0.0857. The molecule has 0 heterocycles. The number of benzene rings is 1. The summed E-state index contributed by atoms with van der Waals surface area (Å²) < 4.78 is 41.9. The number of nitrogens with zero attached hydrogens (tertiary/aromatic N) is 1. The molecular weight excluding hydrogens is 277 g/mol. The lowest BCUT2D eigenvalue weighted by atomic mass is 10.3. The first-order chi connectivity index (χ1) is 8.72. The van der Waals surface area contributed by atoms with Gasteiger partial charge >= 0.3 is 16.3 Å². The van der Waals surface area contributed by atoms with E-state index in [1.165, 1.54) is 13.8 Å². The Morgan fingerprint density at radius 1 is 1.37 bits per heavy atom. The lowest BCUT2D eigenvalue weighted by Crippen LogP contribution is -2.42. The zero-order valence-electron chi connectivity index (χ0n) is 10.4. The molecule has 0 saturated carbocycles. The van der Waals surface area contributed by atoms with Crippen molar-refractivity contribution in [2.45, 2.75) is 19.9 Å². The molecule has 0 aromatic heterocycles. The van der Waals surface area contributed by atoms with Crippen molar-refractivity contribution in [3.63, 3.8) is 0 Å². The second-order valence-electron chi connectivity index (χ2n) is 4.03. The van der Waals surface area contributed by atoms with Gasteiger partial charge in [0.2, 0.25) is 0 Å². The average Bonchev–Trinajstić information content (AvgIpc) is 2.28. The molecule has 1 aromatic carbocycles. The van der Waals surface area contributed by atoms with Crippen molar-refractivity contribution in [1.29, 1.82) is 0 Å². The number of halogens is 1. The second kappa shape index (κ2) is 5.98. The highest BCUT2D eigenvalue weighted by Crippen LogP contribution is 2.17. The van der Waals surface area contributed by atoms with E-state index in [4.69, 9.17) is 9.29 Å². The molecule has 0 aliphatic heterocycles. The van der Waals surface area contributed by atoms with Gasteiger partial charge in [-0.25, -0.2) is 4.39 Å². The number of carboxylic acids is 1. The van der Waals surface area contributed by atoms with Crippen LogP contribution >= 0.6 is 0 Å². The Morgan fingerprint density at radius 2 is 1.89 bits per heavy atom. The maximum atomic E-state index is 12.7. The fraction of sp³-hybridized carbons (Fsp3) is 0.364. The van der Waals surface area contributed by atoms with Gasteiger partial charge in [0.05, 0.1) is 0 Å². The summed E-state index contributed by atoms with van der Waals surface area (Å²) in [6, 6.07) is 3.79. The normalized spacial score (nSPS) is 11.8. The number of hydrogen-bond acceptors (Lipinski definition) is 4. The molecule has 0 atom stereocenters. The van der Waals surface area contributed by atoms with E-state index in [1.807, 2.05) is 0 Å². The standard InChI is InChI=1S/C11H14FNO5S/c1-8(2)13(7-11(14)15)19(16,17)18-10-5-3-9(12)4-6-10/h3-6,8H,7H2,1-2H3,(H,14,15). The molecule has 0 bridgehead atoms.